The van der Waals surface area contributed by atoms with Crippen LogP contribution in [-0.4, -0.2) is 30.0 Å². The second-order valence-corrected chi connectivity index (χ2v) is 6.07. The van der Waals surface area contributed by atoms with Gasteiger partial charge in [0.1, 0.15) is 0 Å². The Bertz CT molecular complexity index is 988. The van der Waals surface area contributed by atoms with Crippen molar-refractivity contribution in [1.29, 1.82) is 0 Å². The first-order valence-corrected chi connectivity index (χ1v) is 8.42. The Balaban J connectivity index is 1.41. The summed E-state index contributed by atoms with van der Waals surface area (Å²) in [6.07, 6.45) is 3.96. The maximum atomic E-state index is 4.44. The van der Waals surface area contributed by atoms with Gasteiger partial charge in [-0.1, -0.05) is 36.4 Å². The molecule has 0 saturated heterocycles. The third kappa shape index (κ3) is 3.61. The molecule has 0 aliphatic heterocycles. The van der Waals surface area contributed by atoms with Crippen LogP contribution in [0, 0.1) is 6.92 Å². The van der Waals surface area contributed by atoms with Crippen molar-refractivity contribution >= 4 is 5.69 Å². The summed E-state index contributed by atoms with van der Waals surface area (Å²) in [5, 5.41) is 19.5. The molecule has 4 aromatic rings. The van der Waals surface area contributed by atoms with Crippen LogP contribution >= 0.6 is 0 Å². The minimum atomic E-state index is 0.701. The van der Waals surface area contributed by atoms with Gasteiger partial charge >= 0.3 is 0 Å². The van der Waals surface area contributed by atoms with Gasteiger partial charge in [0, 0.05) is 24.0 Å². The van der Waals surface area contributed by atoms with E-state index in [-0.39, 0.29) is 0 Å². The smallest absolute Gasteiger partial charge is 0.153 e. The first kappa shape index (κ1) is 16.0. The van der Waals surface area contributed by atoms with E-state index in [0.29, 0.717) is 6.54 Å². The van der Waals surface area contributed by atoms with E-state index in [2.05, 4.69) is 44.3 Å². The quantitative estimate of drug-likeness (QED) is 0.582. The average Bonchev–Trinajstić information content (AvgIpc) is 3.30. The van der Waals surface area contributed by atoms with E-state index in [1.54, 1.807) is 4.68 Å². The maximum Gasteiger partial charge on any atom is 0.153 e. The van der Waals surface area contributed by atoms with Gasteiger partial charge in [0.2, 0.25) is 0 Å². The molecule has 4 rings (SSSR count). The molecular weight excluding hydrogens is 326 g/mol. The number of hydrogen-bond donors (Lipinski definition) is 1. The van der Waals surface area contributed by atoms with Crippen molar-refractivity contribution < 1.29 is 0 Å². The van der Waals surface area contributed by atoms with Gasteiger partial charge in [-0.25, -0.2) is 0 Å². The minimum Gasteiger partial charge on any atom is -0.381 e. The number of aryl methyl sites for hydroxylation is 1. The van der Waals surface area contributed by atoms with Crippen LogP contribution in [-0.2, 0) is 13.1 Å². The third-order valence-corrected chi connectivity index (χ3v) is 4.09. The molecule has 0 bridgehead atoms. The molecule has 2 aromatic heterocycles. The first-order chi connectivity index (χ1) is 12.8. The predicted molar refractivity (Wildman–Crippen MR) is 99.0 cm³/mol. The zero-order valence-corrected chi connectivity index (χ0v) is 14.4. The van der Waals surface area contributed by atoms with Crippen LogP contribution in [0.15, 0.2) is 67.0 Å². The second kappa shape index (κ2) is 7.18. The molecule has 0 spiro atoms. The summed E-state index contributed by atoms with van der Waals surface area (Å²) in [5.74, 6) is 0.754. The Morgan fingerprint density at radius 2 is 1.88 bits per heavy atom. The van der Waals surface area contributed by atoms with Crippen molar-refractivity contribution in [3.05, 3.63) is 83.9 Å². The molecule has 2 heterocycles. The number of benzene rings is 2. The largest absolute Gasteiger partial charge is 0.381 e. The van der Waals surface area contributed by atoms with Crippen molar-refractivity contribution in [3.63, 3.8) is 0 Å². The molecule has 0 saturated carbocycles. The fourth-order valence-corrected chi connectivity index (χ4v) is 2.78. The van der Waals surface area contributed by atoms with Crippen LogP contribution in [0.4, 0.5) is 5.69 Å². The van der Waals surface area contributed by atoms with Crippen molar-refractivity contribution in [2.24, 2.45) is 0 Å². The summed E-state index contributed by atoms with van der Waals surface area (Å²) in [6.45, 7) is 3.35. The molecule has 0 aliphatic carbocycles. The molecule has 0 unspecified atom stereocenters. The van der Waals surface area contributed by atoms with E-state index < -0.39 is 0 Å². The van der Waals surface area contributed by atoms with Gasteiger partial charge in [-0.15, -0.1) is 5.10 Å². The summed E-state index contributed by atoms with van der Waals surface area (Å²) < 4.78 is 3.66. The van der Waals surface area contributed by atoms with E-state index >= 15 is 0 Å². The van der Waals surface area contributed by atoms with Crippen molar-refractivity contribution in [1.82, 2.24) is 30.0 Å². The lowest BCUT2D eigenvalue weighted by atomic mass is 10.2. The fourth-order valence-electron chi connectivity index (χ4n) is 2.78. The minimum absolute atomic E-state index is 0.701. The van der Waals surface area contributed by atoms with Crippen LogP contribution in [0.5, 0.6) is 0 Å². The van der Waals surface area contributed by atoms with Crippen molar-refractivity contribution in [2.75, 3.05) is 5.32 Å². The number of tetrazole rings is 1. The maximum absolute atomic E-state index is 4.44. The van der Waals surface area contributed by atoms with Crippen LogP contribution < -0.4 is 5.32 Å². The topological polar surface area (TPSA) is 73.5 Å². The normalized spacial score (nSPS) is 10.8. The van der Waals surface area contributed by atoms with Gasteiger partial charge < -0.3 is 5.32 Å². The lowest BCUT2D eigenvalue weighted by Crippen LogP contribution is -2.03. The Morgan fingerprint density at radius 1 is 1.00 bits per heavy atom. The summed E-state index contributed by atoms with van der Waals surface area (Å²) in [5.41, 5.74) is 4.30. The molecule has 0 radical (unpaired) electrons. The van der Waals surface area contributed by atoms with E-state index in [9.17, 15) is 0 Å². The number of rotatable bonds is 6. The van der Waals surface area contributed by atoms with Gasteiger partial charge in [0.25, 0.3) is 0 Å². The molecule has 0 amide bonds. The zero-order valence-electron chi connectivity index (χ0n) is 14.4. The average molecular weight is 345 g/mol. The Morgan fingerprint density at radius 3 is 2.69 bits per heavy atom. The van der Waals surface area contributed by atoms with Crippen molar-refractivity contribution in [3.8, 4) is 5.69 Å². The highest BCUT2D eigenvalue weighted by Crippen LogP contribution is 2.15. The molecule has 2 aromatic carbocycles. The van der Waals surface area contributed by atoms with Crippen LogP contribution in [0.3, 0.4) is 0 Å². The molecular formula is C19H19N7. The molecule has 0 fully saturated rings. The van der Waals surface area contributed by atoms with Crippen LogP contribution in [0.2, 0.25) is 0 Å². The molecule has 7 heteroatoms. The van der Waals surface area contributed by atoms with E-state index in [1.807, 2.05) is 60.3 Å². The van der Waals surface area contributed by atoms with Gasteiger partial charge in [-0.05, 0) is 41.1 Å². The highest BCUT2D eigenvalue weighted by molar-refractivity contribution is 5.51. The Labute approximate surface area is 151 Å². The van der Waals surface area contributed by atoms with Crippen LogP contribution in [0.1, 0.15) is 17.0 Å². The number of hydrogen-bond acceptors (Lipinski definition) is 5. The molecule has 0 aliphatic rings. The predicted octanol–water partition coefficient (Wildman–Crippen LogP) is 2.83. The van der Waals surface area contributed by atoms with Gasteiger partial charge in [0.05, 0.1) is 18.4 Å². The van der Waals surface area contributed by atoms with Gasteiger partial charge in [-0.2, -0.15) is 9.78 Å². The number of nitrogens with zero attached hydrogens (tertiary/aromatic N) is 6. The van der Waals surface area contributed by atoms with E-state index in [0.717, 1.165) is 29.3 Å². The molecule has 7 nitrogen and oxygen atoms in total. The van der Waals surface area contributed by atoms with Gasteiger partial charge in [0.15, 0.2) is 5.82 Å². The number of aromatic nitrogens is 6. The zero-order chi connectivity index (χ0) is 17.8. The molecule has 1 N–H and O–H groups in total. The number of anilines is 1. The molecule has 0 atom stereocenters. The van der Waals surface area contributed by atoms with Gasteiger partial charge in [-0.3, -0.25) is 4.68 Å². The Hall–Kier alpha value is -3.48. The molecule has 130 valence electrons. The third-order valence-electron chi connectivity index (χ3n) is 4.09. The fraction of sp³-hybridized carbons (Fsp3) is 0.158. The molecule has 26 heavy (non-hydrogen) atoms. The highest BCUT2D eigenvalue weighted by Gasteiger charge is 2.05. The highest BCUT2D eigenvalue weighted by atomic mass is 15.5. The first-order valence-electron chi connectivity index (χ1n) is 8.42. The monoisotopic (exact) mass is 345 g/mol. The summed E-state index contributed by atoms with van der Waals surface area (Å²) >= 11 is 0. The second-order valence-electron chi connectivity index (χ2n) is 6.07. The van der Waals surface area contributed by atoms with E-state index in [1.165, 1.54) is 5.56 Å². The summed E-state index contributed by atoms with van der Waals surface area (Å²) in [7, 11) is 0. The lowest BCUT2D eigenvalue weighted by Gasteiger charge is -2.07. The standard InChI is InChI=1S/C19H19N7/c1-15-22-23-24-26(15)19-9-5-8-18(10-19)20-11-17-12-21-25(14-17)13-16-6-3-2-4-7-16/h2-10,12,14,20H,11,13H2,1H3. The Kier molecular flexibility index (Phi) is 4.42. The summed E-state index contributed by atoms with van der Waals surface area (Å²) in [4.78, 5) is 0. The van der Waals surface area contributed by atoms with Crippen LogP contribution in [0.25, 0.3) is 5.69 Å². The van der Waals surface area contributed by atoms with E-state index in [4.69, 9.17) is 0 Å². The summed E-state index contributed by atoms with van der Waals surface area (Å²) in [6, 6.07) is 18.3. The lowest BCUT2D eigenvalue weighted by molar-refractivity contribution is 0.686. The van der Waals surface area contributed by atoms with Crippen molar-refractivity contribution in [2.45, 2.75) is 20.0 Å². The SMILES string of the molecule is Cc1nnnn1-c1cccc(NCc2cnn(Cc3ccccc3)c2)c1. The number of nitrogens with one attached hydrogen (secondary N) is 1.